The molecule has 9 nitrogen and oxygen atoms in total. The van der Waals surface area contributed by atoms with Crippen molar-refractivity contribution in [2.24, 2.45) is 5.41 Å². The SMILES string of the molecule is CCn1c(=C(C#N)C(=O)NCC#N)sc(=CNc2ccc(F)c(NC(=O)C(C)(C)C)c2)c1=O. The van der Waals surface area contributed by atoms with Gasteiger partial charge < -0.3 is 16.0 Å². The third-order valence-electron chi connectivity index (χ3n) is 4.37. The van der Waals surface area contributed by atoms with E-state index in [-0.39, 0.29) is 39.5 Å². The normalized spacial score (nSPS) is 12.4. The molecule has 11 heteroatoms. The van der Waals surface area contributed by atoms with Crippen molar-refractivity contribution in [1.29, 1.82) is 10.5 Å². The third kappa shape index (κ3) is 6.05. The minimum absolute atomic E-state index is 0.0135. The molecule has 0 bridgehead atoms. The van der Waals surface area contributed by atoms with Gasteiger partial charge in [0.1, 0.15) is 27.6 Å². The highest BCUT2D eigenvalue weighted by atomic mass is 32.1. The molecule has 0 spiro atoms. The van der Waals surface area contributed by atoms with Crippen molar-refractivity contribution in [3.8, 4) is 12.1 Å². The molecule has 3 N–H and O–H groups in total. The lowest BCUT2D eigenvalue weighted by Crippen LogP contribution is -2.34. The highest BCUT2D eigenvalue weighted by molar-refractivity contribution is 7.07. The Balaban J connectivity index is 2.47. The summed E-state index contributed by atoms with van der Waals surface area (Å²) in [5.41, 5.74) is -1.01. The lowest BCUT2D eigenvalue weighted by atomic mass is 9.95. The predicted molar refractivity (Wildman–Crippen MR) is 124 cm³/mol. The van der Waals surface area contributed by atoms with Crippen LogP contribution >= 0.6 is 11.3 Å². The fraction of sp³-hybridized carbons (Fsp3) is 0.318. The van der Waals surface area contributed by atoms with Gasteiger partial charge in [0.25, 0.3) is 11.5 Å². The lowest BCUT2D eigenvalue weighted by Gasteiger charge is -2.18. The number of amides is 2. The van der Waals surface area contributed by atoms with Gasteiger partial charge in [0, 0.05) is 23.8 Å². The van der Waals surface area contributed by atoms with Crippen LogP contribution in [0.3, 0.4) is 0 Å². The van der Waals surface area contributed by atoms with Gasteiger partial charge in [-0.2, -0.15) is 10.5 Å². The number of hydrogen-bond donors (Lipinski definition) is 3. The molecule has 0 fully saturated rings. The largest absolute Gasteiger partial charge is 0.360 e. The smallest absolute Gasteiger partial charge is 0.270 e. The summed E-state index contributed by atoms with van der Waals surface area (Å²) in [7, 11) is 0. The van der Waals surface area contributed by atoms with Crippen LogP contribution in [0.25, 0.3) is 11.8 Å². The number of benzene rings is 1. The fourth-order valence-corrected chi connectivity index (χ4v) is 3.65. The molecule has 0 aliphatic rings. The zero-order valence-corrected chi connectivity index (χ0v) is 19.4. The lowest BCUT2D eigenvalue weighted by molar-refractivity contribution is -0.123. The molecule has 0 aliphatic heterocycles. The molecule has 33 heavy (non-hydrogen) atoms. The standard InChI is InChI=1S/C22H23FN6O3S/c1-5-29-19(31)17(33-20(29)14(11-25)18(30)26-9-8-24)12-27-13-6-7-15(23)16(10-13)28-21(32)22(2,3)4/h6-7,10,12,27H,5,9H2,1-4H3,(H,26,30)(H,28,32). The van der Waals surface area contributed by atoms with E-state index in [9.17, 15) is 24.0 Å². The van der Waals surface area contributed by atoms with Gasteiger partial charge in [0.15, 0.2) is 5.57 Å². The van der Waals surface area contributed by atoms with Gasteiger partial charge in [-0.1, -0.05) is 20.8 Å². The van der Waals surface area contributed by atoms with Crippen LogP contribution in [0.15, 0.2) is 23.0 Å². The Hall–Kier alpha value is -3.96. The molecule has 0 radical (unpaired) electrons. The number of nitriles is 2. The van der Waals surface area contributed by atoms with Crippen LogP contribution in [-0.4, -0.2) is 22.9 Å². The maximum absolute atomic E-state index is 14.1. The third-order valence-corrected chi connectivity index (χ3v) is 5.50. The number of rotatable bonds is 6. The first kappa shape index (κ1) is 25.3. The van der Waals surface area contributed by atoms with E-state index in [2.05, 4.69) is 16.0 Å². The Morgan fingerprint density at radius 2 is 1.97 bits per heavy atom. The molecular formula is C22H23FN6O3S. The summed E-state index contributed by atoms with van der Waals surface area (Å²) in [6.07, 6.45) is 1.38. The minimum atomic E-state index is -0.750. The van der Waals surface area contributed by atoms with E-state index in [1.54, 1.807) is 39.8 Å². The average molecular weight is 471 g/mol. The molecule has 1 heterocycles. The Morgan fingerprint density at radius 1 is 1.27 bits per heavy atom. The molecule has 2 amide bonds. The molecule has 1 aromatic heterocycles. The maximum atomic E-state index is 14.1. The summed E-state index contributed by atoms with van der Waals surface area (Å²) in [5.74, 6) is -1.72. The average Bonchev–Trinajstić information content (AvgIpc) is 3.07. The van der Waals surface area contributed by atoms with Crippen molar-refractivity contribution in [3.63, 3.8) is 0 Å². The second kappa shape index (κ2) is 10.6. The van der Waals surface area contributed by atoms with Crippen LogP contribution in [0.5, 0.6) is 0 Å². The Labute approximate surface area is 193 Å². The molecule has 0 saturated heterocycles. The summed E-state index contributed by atoms with van der Waals surface area (Å²) < 4.78 is 15.8. The first-order valence-corrected chi connectivity index (χ1v) is 10.7. The Morgan fingerprint density at radius 3 is 2.55 bits per heavy atom. The molecule has 2 rings (SSSR count). The fourth-order valence-electron chi connectivity index (χ4n) is 2.57. The first-order valence-electron chi connectivity index (χ1n) is 9.90. The van der Waals surface area contributed by atoms with E-state index in [4.69, 9.17) is 5.26 Å². The van der Waals surface area contributed by atoms with Crippen molar-refractivity contribution in [1.82, 2.24) is 9.88 Å². The van der Waals surface area contributed by atoms with Gasteiger partial charge in [-0.25, -0.2) is 4.39 Å². The Kier molecular flexibility index (Phi) is 8.10. The van der Waals surface area contributed by atoms with Crippen LogP contribution in [0.1, 0.15) is 27.7 Å². The maximum Gasteiger partial charge on any atom is 0.270 e. The predicted octanol–water partition coefficient (Wildman–Crippen LogP) is 1.22. The molecule has 2 aromatic rings. The van der Waals surface area contributed by atoms with E-state index in [1.807, 2.05) is 0 Å². The second-order valence-electron chi connectivity index (χ2n) is 7.84. The number of thiazole rings is 1. The van der Waals surface area contributed by atoms with Gasteiger partial charge in [-0.05, 0) is 25.1 Å². The number of halogens is 1. The zero-order valence-electron chi connectivity index (χ0n) is 18.6. The van der Waals surface area contributed by atoms with Crippen molar-refractivity contribution in [2.45, 2.75) is 34.2 Å². The van der Waals surface area contributed by atoms with E-state index >= 15 is 0 Å². The van der Waals surface area contributed by atoms with Crippen molar-refractivity contribution in [3.05, 3.63) is 43.6 Å². The van der Waals surface area contributed by atoms with E-state index in [1.165, 1.54) is 29.0 Å². The van der Waals surface area contributed by atoms with Crippen LogP contribution in [0.4, 0.5) is 15.8 Å². The summed E-state index contributed by atoms with van der Waals surface area (Å²) in [4.78, 5) is 37.1. The number of nitrogens with one attached hydrogen (secondary N) is 3. The minimum Gasteiger partial charge on any atom is -0.360 e. The number of aromatic nitrogens is 1. The van der Waals surface area contributed by atoms with Gasteiger partial charge in [0.2, 0.25) is 5.91 Å². The van der Waals surface area contributed by atoms with Gasteiger partial charge in [-0.15, -0.1) is 11.3 Å². The molecular weight excluding hydrogens is 447 g/mol. The number of carbonyl (C=O) groups excluding carboxylic acids is 2. The summed E-state index contributed by atoms with van der Waals surface area (Å²) in [5, 5.41) is 25.8. The number of nitrogens with zero attached hydrogens (tertiary/aromatic N) is 3. The molecule has 1 aromatic carbocycles. The molecule has 0 atom stereocenters. The number of anilines is 2. The van der Waals surface area contributed by atoms with Gasteiger partial charge in [-0.3, -0.25) is 19.0 Å². The monoisotopic (exact) mass is 470 g/mol. The molecule has 0 unspecified atom stereocenters. The van der Waals surface area contributed by atoms with E-state index in [0.29, 0.717) is 5.69 Å². The second-order valence-corrected chi connectivity index (χ2v) is 8.87. The molecule has 172 valence electrons. The first-order chi connectivity index (χ1) is 15.5. The molecule has 0 aliphatic carbocycles. The van der Waals surface area contributed by atoms with Crippen LogP contribution in [0.2, 0.25) is 0 Å². The quantitative estimate of drug-likeness (QED) is 0.543. The topological polar surface area (TPSA) is 140 Å². The Bertz CT molecular complexity index is 1340. The summed E-state index contributed by atoms with van der Waals surface area (Å²) >= 11 is 0.931. The van der Waals surface area contributed by atoms with E-state index in [0.717, 1.165) is 11.3 Å². The molecule has 0 saturated carbocycles. The highest BCUT2D eigenvalue weighted by Gasteiger charge is 2.22. The summed E-state index contributed by atoms with van der Waals surface area (Å²) in [6, 6.07) is 7.55. The zero-order chi connectivity index (χ0) is 24.8. The number of carbonyl (C=O) groups is 2. The van der Waals surface area contributed by atoms with Crippen LogP contribution in [0, 0.1) is 33.9 Å². The van der Waals surface area contributed by atoms with Crippen molar-refractivity contribution >= 4 is 46.3 Å². The van der Waals surface area contributed by atoms with Crippen molar-refractivity contribution < 1.29 is 14.0 Å². The van der Waals surface area contributed by atoms with Crippen molar-refractivity contribution in [2.75, 3.05) is 17.2 Å². The summed E-state index contributed by atoms with van der Waals surface area (Å²) in [6.45, 7) is 6.75. The van der Waals surface area contributed by atoms with Crippen LogP contribution < -0.4 is 30.7 Å². The number of hydrogen-bond acceptors (Lipinski definition) is 7. The van der Waals surface area contributed by atoms with E-state index < -0.39 is 22.7 Å². The van der Waals surface area contributed by atoms with Gasteiger partial charge in [0.05, 0.1) is 11.8 Å². The van der Waals surface area contributed by atoms with Gasteiger partial charge >= 0.3 is 0 Å². The highest BCUT2D eigenvalue weighted by Crippen LogP contribution is 2.23. The van der Waals surface area contributed by atoms with Crippen LogP contribution in [-0.2, 0) is 16.1 Å².